The molecule has 23 heavy (non-hydrogen) atoms. The molecule has 1 heterocycles. The summed E-state index contributed by atoms with van der Waals surface area (Å²) in [5.74, 6) is -0.330. The van der Waals surface area contributed by atoms with Crippen LogP contribution in [0.5, 0.6) is 0 Å². The normalized spacial score (nSPS) is 26.6. The topological polar surface area (TPSA) is 42.8 Å². The predicted molar refractivity (Wildman–Crippen MR) is 93.7 cm³/mol. The van der Waals surface area contributed by atoms with Gasteiger partial charge in [0.25, 0.3) is 9.70 Å². The third kappa shape index (κ3) is 5.38. The minimum Gasteiger partial charge on any atom is -0.364 e. The van der Waals surface area contributed by atoms with E-state index in [9.17, 15) is 4.79 Å². The molecule has 0 bridgehead atoms. The molecule has 4 nitrogen and oxygen atoms in total. The highest BCUT2D eigenvalue weighted by Crippen LogP contribution is 2.28. The van der Waals surface area contributed by atoms with Gasteiger partial charge in [0.05, 0.1) is 0 Å². The molecule has 0 unspecified atom stereocenters. The van der Waals surface area contributed by atoms with Gasteiger partial charge in [0.2, 0.25) is 6.17 Å². The maximum Gasteiger partial charge on any atom is 0.262 e. The van der Waals surface area contributed by atoms with E-state index in [0.717, 1.165) is 4.90 Å². The zero-order valence-electron chi connectivity index (χ0n) is 12.8. The number of benzene rings is 1. The van der Waals surface area contributed by atoms with Crippen LogP contribution in [0.2, 0.25) is 5.02 Å². The monoisotopic (exact) mass is 399 g/mol. The van der Waals surface area contributed by atoms with Gasteiger partial charge in [-0.2, -0.15) is 0 Å². The Labute approximate surface area is 156 Å². The smallest absolute Gasteiger partial charge is 0.262 e. The van der Waals surface area contributed by atoms with Crippen LogP contribution in [0.25, 0.3) is 0 Å². The Kier molecular flexibility index (Phi) is 6.45. The van der Waals surface area contributed by atoms with Crippen LogP contribution in [0, 0.1) is 0 Å². The van der Waals surface area contributed by atoms with Crippen LogP contribution in [-0.4, -0.2) is 41.2 Å². The zero-order valence-corrected chi connectivity index (χ0v) is 15.8. The fourth-order valence-corrected chi connectivity index (χ4v) is 3.63. The summed E-state index contributed by atoms with van der Waals surface area (Å²) in [6.45, 7) is 5.20. The van der Waals surface area contributed by atoms with Gasteiger partial charge in [-0.3, -0.25) is 10.1 Å². The van der Waals surface area contributed by atoms with Crippen molar-refractivity contribution in [3.05, 3.63) is 34.9 Å². The van der Waals surface area contributed by atoms with Crippen molar-refractivity contribution in [1.29, 1.82) is 0 Å². The number of quaternary nitrogens is 1. The van der Waals surface area contributed by atoms with E-state index in [-0.39, 0.29) is 18.1 Å². The molecule has 0 saturated carbocycles. The first-order valence-corrected chi connectivity index (χ1v) is 8.81. The Bertz CT molecular complexity index is 555. The van der Waals surface area contributed by atoms with Crippen LogP contribution in [0.3, 0.4) is 0 Å². The Hall–Kier alpha value is -0.230. The van der Waals surface area contributed by atoms with E-state index in [1.165, 1.54) is 0 Å². The molecule has 1 aromatic rings. The first kappa shape index (κ1) is 19.1. The highest BCUT2D eigenvalue weighted by atomic mass is 35.6. The second kappa shape index (κ2) is 7.77. The van der Waals surface area contributed by atoms with Gasteiger partial charge < -0.3 is 9.64 Å². The highest BCUT2D eigenvalue weighted by Gasteiger charge is 2.45. The van der Waals surface area contributed by atoms with Crippen LogP contribution in [0.1, 0.15) is 24.2 Å². The summed E-state index contributed by atoms with van der Waals surface area (Å²) in [6, 6.07) is 6.64. The van der Waals surface area contributed by atoms with Crippen molar-refractivity contribution >= 4 is 52.3 Å². The minimum atomic E-state index is -1.64. The van der Waals surface area contributed by atoms with Crippen molar-refractivity contribution < 1.29 is 14.4 Å². The lowest BCUT2D eigenvalue weighted by molar-refractivity contribution is -0.941. The van der Waals surface area contributed by atoms with Gasteiger partial charge in [-0.05, 0) is 32.0 Å². The number of rotatable bonds is 3. The Morgan fingerprint density at radius 2 is 1.91 bits per heavy atom. The maximum atomic E-state index is 12.5. The molecule has 0 radical (unpaired) electrons. The molecule has 2 rings (SSSR count). The van der Waals surface area contributed by atoms with E-state index in [1.807, 2.05) is 13.8 Å². The van der Waals surface area contributed by atoms with E-state index >= 15 is 0 Å². The summed E-state index contributed by atoms with van der Waals surface area (Å²) in [5, 5.41) is 3.30. The first-order valence-electron chi connectivity index (χ1n) is 7.30. The number of hydrogen-bond donors (Lipinski definition) is 2. The van der Waals surface area contributed by atoms with Gasteiger partial charge in [0.15, 0.2) is 0 Å². The number of nitrogens with one attached hydrogen (secondary N) is 2. The molecule has 1 aromatic carbocycles. The van der Waals surface area contributed by atoms with E-state index in [4.69, 9.17) is 51.1 Å². The van der Waals surface area contributed by atoms with Gasteiger partial charge in [-0.25, -0.2) is 0 Å². The van der Waals surface area contributed by atoms with Gasteiger partial charge in [-0.15, -0.1) is 0 Å². The number of halogens is 4. The number of ether oxygens (including phenoxy) is 1. The van der Waals surface area contributed by atoms with E-state index in [1.54, 1.807) is 24.3 Å². The Morgan fingerprint density at radius 1 is 1.30 bits per heavy atom. The molecule has 1 aliphatic heterocycles. The average Bonchev–Trinajstić information content (AvgIpc) is 2.42. The third-order valence-corrected chi connectivity index (χ3v) is 4.55. The maximum absolute atomic E-state index is 12.5. The van der Waals surface area contributed by atoms with E-state index < -0.39 is 9.96 Å². The number of amides is 1. The predicted octanol–water partition coefficient (Wildman–Crippen LogP) is 2.46. The summed E-state index contributed by atoms with van der Waals surface area (Å²) in [4.78, 5) is 13.4. The van der Waals surface area contributed by atoms with Crippen LogP contribution < -0.4 is 10.2 Å². The third-order valence-electron chi connectivity index (χ3n) is 3.66. The summed E-state index contributed by atoms with van der Waals surface area (Å²) in [7, 11) is 0. The summed E-state index contributed by atoms with van der Waals surface area (Å²) >= 11 is 24.3. The van der Waals surface area contributed by atoms with Crippen molar-refractivity contribution in [2.45, 2.75) is 36.0 Å². The number of alkyl halides is 3. The largest absolute Gasteiger partial charge is 0.364 e. The van der Waals surface area contributed by atoms with Crippen LogP contribution in [0.4, 0.5) is 0 Å². The lowest BCUT2D eigenvalue weighted by atomic mass is 10.2. The SMILES string of the molecule is C[C@@H]1C[NH+]([C@H](NC(=O)c2cccc(Cl)c2)C(Cl)(Cl)Cl)C[C@@H](C)O1. The number of carbonyl (C=O) groups excluding carboxylic acids is 1. The molecule has 0 spiro atoms. The van der Waals surface area contributed by atoms with Crippen molar-refractivity contribution in [1.82, 2.24) is 5.32 Å². The summed E-state index contributed by atoms with van der Waals surface area (Å²) < 4.78 is 4.07. The fraction of sp³-hybridized carbons (Fsp3) is 0.533. The van der Waals surface area contributed by atoms with E-state index in [2.05, 4.69) is 5.32 Å². The highest BCUT2D eigenvalue weighted by molar-refractivity contribution is 6.68. The molecule has 3 atom stereocenters. The molecular weight excluding hydrogens is 382 g/mol. The van der Waals surface area contributed by atoms with Gasteiger partial charge in [-0.1, -0.05) is 52.5 Å². The molecule has 0 aliphatic carbocycles. The standard InChI is InChI=1S/C15H18Cl4N2O2/c1-9-7-21(8-10(2)23-9)14(15(17,18)19)20-13(22)11-4-3-5-12(16)6-11/h3-6,9-10,14H,7-8H2,1-2H3,(H,20,22)/p+1/t9-,10-,14+/m1/s1. The molecule has 1 amide bonds. The molecule has 128 valence electrons. The quantitative estimate of drug-likeness (QED) is 0.765. The van der Waals surface area contributed by atoms with Gasteiger partial charge in [0, 0.05) is 10.6 Å². The molecule has 1 fully saturated rings. The zero-order chi connectivity index (χ0) is 17.2. The second-order valence-corrected chi connectivity index (χ2v) is 8.59. The first-order chi connectivity index (χ1) is 10.7. The van der Waals surface area contributed by atoms with Crippen molar-refractivity contribution in [3.63, 3.8) is 0 Å². The molecule has 0 aromatic heterocycles. The summed E-state index contributed by atoms with van der Waals surface area (Å²) in [5.41, 5.74) is 0.422. The molecule has 8 heteroatoms. The minimum absolute atomic E-state index is 0.0201. The summed E-state index contributed by atoms with van der Waals surface area (Å²) in [6.07, 6.45) is -0.647. The van der Waals surface area contributed by atoms with Crippen LogP contribution in [-0.2, 0) is 4.74 Å². The van der Waals surface area contributed by atoms with Crippen LogP contribution in [0.15, 0.2) is 24.3 Å². The molecule has 1 aliphatic rings. The van der Waals surface area contributed by atoms with E-state index in [0.29, 0.717) is 23.7 Å². The fourth-order valence-electron chi connectivity index (χ4n) is 2.81. The Balaban J connectivity index is 2.17. The average molecular weight is 401 g/mol. The van der Waals surface area contributed by atoms with Crippen molar-refractivity contribution in [2.75, 3.05) is 13.1 Å². The van der Waals surface area contributed by atoms with Crippen molar-refractivity contribution in [2.24, 2.45) is 0 Å². The Morgan fingerprint density at radius 3 is 2.43 bits per heavy atom. The lowest BCUT2D eigenvalue weighted by Crippen LogP contribution is -3.22. The van der Waals surface area contributed by atoms with Crippen LogP contribution >= 0.6 is 46.4 Å². The van der Waals surface area contributed by atoms with Crippen molar-refractivity contribution in [3.8, 4) is 0 Å². The number of carbonyl (C=O) groups is 1. The molecule has 1 saturated heterocycles. The molecule has 2 N–H and O–H groups in total. The van der Waals surface area contributed by atoms with Gasteiger partial charge >= 0.3 is 0 Å². The lowest BCUT2D eigenvalue weighted by Gasteiger charge is -2.39. The van der Waals surface area contributed by atoms with Gasteiger partial charge in [0.1, 0.15) is 25.3 Å². The second-order valence-electron chi connectivity index (χ2n) is 5.78. The number of morpholine rings is 1. The number of hydrogen-bond acceptors (Lipinski definition) is 2. The molecular formula is C15H19Cl4N2O2+.